The predicted octanol–water partition coefficient (Wildman–Crippen LogP) is 5.48. The lowest BCUT2D eigenvalue weighted by Crippen LogP contribution is -2.00. The van der Waals surface area contributed by atoms with Crippen LogP contribution in [-0.2, 0) is 0 Å². The standard InChI is InChI=1S/C12H9Cl4N3/c1-17-11-8(15)5-9(16)12(19-11)18-10-3-2-6(13)4-7(10)14/h2-5H,1H3,(H2,17,18,19). The molecule has 1 aromatic carbocycles. The molecule has 3 nitrogen and oxygen atoms in total. The molecule has 0 saturated carbocycles. The van der Waals surface area contributed by atoms with Crippen molar-refractivity contribution in [3.63, 3.8) is 0 Å². The monoisotopic (exact) mass is 335 g/mol. The van der Waals surface area contributed by atoms with E-state index in [1.807, 2.05) is 0 Å². The second-order valence-corrected chi connectivity index (χ2v) is 5.31. The Bertz CT molecular complexity index is 616. The number of nitrogens with one attached hydrogen (secondary N) is 2. The Morgan fingerprint density at radius 1 is 0.895 bits per heavy atom. The topological polar surface area (TPSA) is 37.0 Å². The number of pyridine rings is 1. The van der Waals surface area contributed by atoms with Gasteiger partial charge in [0, 0.05) is 12.1 Å². The predicted molar refractivity (Wildman–Crippen MR) is 83.5 cm³/mol. The minimum Gasteiger partial charge on any atom is -0.372 e. The summed E-state index contributed by atoms with van der Waals surface area (Å²) in [6, 6.07) is 6.71. The number of nitrogens with zero attached hydrogens (tertiary/aromatic N) is 1. The number of hydrogen-bond donors (Lipinski definition) is 2. The number of anilines is 3. The summed E-state index contributed by atoms with van der Waals surface area (Å²) in [4.78, 5) is 4.27. The second kappa shape index (κ2) is 6.06. The van der Waals surface area contributed by atoms with E-state index >= 15 is 0 Å². The summed E-state index contributed by atoms with van der Waals surface area (Å²) >= 11 is 24.0. The number of benzene rings is 1. The number of rotatable bonds is 3. The van der Waals surface area contributed by atoms with Crippen LogP contribution in [0, 0.1) is 0 Å². The van der Waals surface area contributed by atoms with E-state index in [0.29, 0.717) is 37.4 Å². The van der Waals surface area contributed by atoms with E-state index in [4.69, 9.17) is 46.4 Å². The Kier molecular flexibility index (Phi) is 4.63. The number of aromatic nitrogens is 1. The van der Waals surface area contributed by atoms with Crippen LogP contribution in [0.5, 0.6) is 0 Å². The van der Waals surface area contributed by atoms with Gasteiger partial charge in [-0.15, -0.1) is 0 Å². The summed E-state index contributed by atoms with van der Waals surface area (Å²) in [5.74, 6) is 0.985. The molecule has 1 heterocycles. The van der Waals surface area contributed by atoms with Gasteiger partial charge in [0.2, 0.25) is 0 Å². The summed E-state index contributed by atoms with van der Waals surface area (Å²) in [7, 11) is 1.72. The maximum atomic E-state index is 6.09. The molecule has 0 atom stereocenters. The molecule has 7 heteroatoms. The average molecular weight is 337 g/mol. The zero-order valence-corrected chi connectivity index (χ0v) is 12.8. The van der Waals surface area contributed by atoms with E-state index < -0.39 is 0 Å². The summed E-state index contributed by atoms with van der Waals surface area (Å²) in [5.41, 5.74) is 0.657. The van der Waals surface area contributed by atoms with E-state index in [9.17, 15) is 0 Å². The zero-order valence-electron chi connectivity index (χ0n) is 9.77. The Morgan fingerprint density at radius 2 is 1.58 bits per heavy atom. The molecule has 100 valence electrons. The highest BCUT2D eigenvalue weighted by molar-refractivity contribution is 6.38. The molecule has 0 spiro atoms. The van der Waals surface area contributed by atoms with Gasteiger partial charge in [0.15, 0.2) is 5.82 Å². The van der Waals surface area contributed by atoms with Gasteiger partial charge in [-0.2, -0.15) is 0 Å². The van der Waals surface area contributed by atoms with Gasteiger partial charge in [-0.3, -0.25) is 0 Å². The molecular formula is C12H9Cl4N3. The number of hydrogen-bond acceptors (Lipinski definition) is 3. The minimum atomic E-state index is 0.398. The van der Waals surface area contributed by atoms with E-state index in [0.717, 1.165) is 0 Å². The third kappa shape index (κ3) is 3.37. The molecule has 0 saturated heterocycles. The van der Waals surface area contributed by atoms with Crippen LogP contribution in [0.4, 0.5) is 17.3 Å². The highest BCUT2D eigenvalue weighted by atomic mass is 35.5. The molecule has 0 aliphatic carbocycles. The maximum Gasteiger partial charge on any atom is 0.151 e. The quantitative estimate of drug-likeness (QED) is 0.779. The van der Waals surface area contributed by atoms with Crippen molar-refractivity contribution in [3.8, 4) is 0 Å². The van der Waals surface area contributed by atoms with Crippen LogP contribution in [0.3, 0.4) is 0 Å². The van der Waals surface area contributed by atoms with Crippen molar-refractivity contribution in [3.05, 3.63) is 44.4 Å². The van der Waals surface area contributed by atoms with Crippen LogP contribution in [0.1, 0.15) is 0 Å². The molecule has 0 aliphatic heterocycles. The molecule has 2 N–H and O–H groups in total. The lowest BCUT2D eigenvalue weighted by Gasteiger charge is -2.12. The molecule has 0 aliphatic rings. The highest BCUT2D eigenvalue weighted by Gasteiger charge is 2.10. The van der Waals surface area contributed by atoms with Crippen LogP contribution in [0.2, 0.25) is 20.1 Å². The summed E-state index contributed by atoms with van der Waals surface area (Å²) in [6.45, 7) is 0. The van der Waals surface area contributed by atoms with Gasteiger partial charge >= 0.3 is 0 Å². The SMILES string of the molecule is CNc1nc(Nc2ccc(Cl)cc2Cl)c(Cl)cc1Cl. The van der Waals surface area contributed by atoms with Crippen molar-refractivity contribution in [1.29, 1.82) is 0 Å². The third-order valence-corrected chi connectivity index (χ3v) is 3.47. The molecule has 0 unspecified atom stereocenters. The van der Waals surface area contributed by atoms with Gasteiger partial charge in [0.1, 0.15) is 5.82 Å². The first-order valence-electron chi connectivity index (χ1n) is 5.27. The minimum absolute atomic E-state index is 0.398. The van der Waals surface area contributed by atoms with Gasteiger partial charge in [0.05, 0.1) is 20.8 Å². The first-order chi connectivity index (χ1) is 9.01. The van der Waals surface area contributed by atoms with Crippen LogP contribution < -0.4 is 10.6 Å². The lowest BCUT2D eigenvalue weighted by atomic mass is 10.3. The van der Waals surface area contributed by atoms with E-state index in [1.165, 1.54) is 0 Å². The average Bonchev–Trinajstić information content (AvgIpc) is 2.35. The largest absolute Gasteiger partial charge is 0.372 e. The van der Waals surface area contributed by atoms with Crippen LogP contribution in [-0.4, -0.2) is 12.0 Å². The summed E-state index contributed by atoms with van der Waals surface area (Å²) < 4.78 is 0. The first kappa shape index (κ1) is 14.5. The Balaban J connectivity index is 2.37. The van der Waals surface area contributed by atoms with Crippen LogP contribution in [0.15, 0.2) is 24.3 Å². The highest BCUT2D eigenvalue weighted by Crippen LogP contribution is 2.33. The molecule has 1 aromatic heterocycles. The Hall–Kier alpha value is -0.870. The second-order valence-electron chi connectivity index (χ2n) is 3.65. The molecular weight excluding hydrogens is 328 g/mol. The van der Waals surface area contributed by atoms with Gasteiger partial charge in [0.25, 0.3) is 0 Å². The molecule has 0 amide bonds. The van der Waals surface area contributed by atoms with Crippen molar-refractivity contribution in [2.45, 2.75) is 0 Å². The van der Waals surface area contributed by atoms with Gasteiger partial charge in [-0.05, 0) is 24.3 Å². The third-order valence-electron chi connectivity index (χ3n) is 2.35. The fourth-order valence-electron chi connectivity index (χ4n) is 1.45. The van der Waals surface area contributed by atoms with E-state index in [1.54, 1.807) is 31.3 Å². The molecule has 0 radical (unpaired) electrons. The fraction of sp³-hybridized carbons (Fsp3) is 0.0833. The van der Waals surface area contributed by atoms with Crippen LogP contribution >= 0.6 is 46.4 Å². The first-order valence-corrected chi connectivity index (χ1v) is 6.78. The summed E-state index contributed by atoms with van der Waals surface area (Å²) in [5, 5.41) is 7.79. The van der Waals surface area contributed by atoms with Crippen LogP contribution in [0.25, 0.3) is 0 Å². The van der Waals surface area contributed by atoms with E-state index in [-0.39, 0.29) is 0 Å². The van der Waals surface area contributed by atoms with Crippen molar-refractivity contribution >= 4 is 63.7 Å². The van der Waals surface area contributed by atoms with Gasteiger partial charge < -0.3 is 10.6 Å². The maximum absolute atomic E-state index is 6.09. The van der Waals surface area contributed by atoms with Gasteiger partial charge in [-0.25, -0.2) is 4.98 Å². The molecule has 2 aromatic rings. The van der Waals surface area contributed by atoms with Crippen molar-refractivity contribution < 1.29 is 0 Å². The zero-order chi connectivity index (χ0) is 14.0. The molecule has 2 rings (SSSR count). The number of halogens is 4. The molecule has 0 bridgehead atoms. The van der Waals surface area contributed by atoms with Crippen molar-refractivity contribution in [1.82, 2.24) is 4.98 Å². The normalized spacial score (nSPS) is 10.4. The van der Waals surface area contributed by atoms with E-state index in [2.05, 4.69) is 15.6 Å². The lowest BCUT2D eigenvalue weighted by molar-refractivity contribution is 1.28. The molecule has 19 heavy (non-hydrogen) atoms. The Morgan fingerprint density at radius 3 is 2.21 bits per heavy atom. The van der Waals surface area contributed by atoms with Crippen molar-refractivity contribution in [2.24, 2.45) is 0 Å². The van der Waals surface area contributed by atoms with Crippen molar-refractivity contribution in [2.75, 3.05) is 17.7 Å². The smallest absolute Gasteiger partial charge is 0.151 e. The van der Waals surface area contributed by atoms with Gasteiger partial charge in [-0.1, -0.05) is 46.4 Å². The molecule has 0 fully saturated rings. The Labute approximate surface area is 130 Å². The fourth-order valence-corrected chi connectivity index (χ4v) is 2.40. The summed E-state index contributed by atoms with van der Waals surface area (Å²) in [6.07, 6.45) is 0.